The zero-order valence-corrected chi connectivity index (χ0v) is 12.9. The first-order chi connectivity index (χ1) is 11.5. The first-order valence-corrected chi connectivity index (χ1v) is 7.43. The summed E-state index contributed by atoms with van der Waals surface area (Å²) < 4.78 is 0. The van der Waals surface area contributed by atoms with E-state index in [9.17, 15) is 14.4 Å². The Hall–Kier alpha value is -2.99. The third kappa shape index (κ3) is 4.50. The van der Waals surface area contributed by atoms with Crippen molar-refractivity contribution in [3.8, 4) is 0 Å². The molecule has 124 valence electrons. The summed E-state index contributed by atoms with van der Waals surface area (Å²) in [5, 5.41) is 11.8. The van der Waals surface area contributed by atoms with Crippen LogP contribution in [0, 0.1) is 0 Å². The van der Waals surface area contributed by atoms with Gasteiger partial charge in [-0.2, -0.15) is 0 Å². The van der Waals surface area contributed by atoms with E-state index in [2.05, 4.69) is 5.32 Å². The highest BCUT2D eigenvalue weighted by Gasteiger charge is 2.24. The molecule has 0 aliphatic rings. The number of carboxylic acids is 1. The summed E-state index contributed by atoms with van der Waals surface area (Å²) in [5.74, 6) is -2.13. The Kier molecular flexibility index (Phi) is 5.81. The predicted molar refractivity (Wildman–Crippen MR) is 88.9 cm³/mol. The lowest BCUT2D eigenvalue weighted by atomic mass is 10.0. The molecule has 0 fully saturated rings. The minimum absolute atomic E-state index is 0.194. The summed E-state index contributed by atoms with van der Waals surface area (Å²) in [6.07, 6.45) is 0.465. The van der Waals surface area contributed by atoms with E-state index in [4.69, 9.17) is 10.8 Å². The molecule has 1 amide bonds. The van der Waals surface area contributed by atoms with Gasteiger partial charge in [-0.25, -0.2) is 4.79 Å². The van der Waals surface area contributed by atoms with Gasteiger partial charge in [0.15, 0.2) is 11.8 Å². The van der Waals surface area contributed by atoms with Crippen LogP contribution in [0.4, 0.5) is 0 Å². The first-order valence-electron chi connectivity index (χ1n) is 7.43. The molecule has 2 aromatic carbocycles. The molecule has 6 nitrogen and oxygen atoms in total. The van der Waals surface area contributed by atoms with Crippen molar-refractivity contribution in [1.29, 1.82) is 0 Å². The number of primary amides is 1. The quantitative estimate of drug-likeness (QED) is 0.500. The molecular weight excluding hydrogens is 308 g/mol. The lowest BCUT2D eigenvalue weighted by Gasteiger charge is -2.14. The van der Waals surface area contributed by atoms with Gasteiger partial charge in [-0.15, -0.1) is 0 Å². The van der Waals surface area contributed by atoms with E-state index in [1.54, 1.807) is 48.5 Å². The monoisotopic (exact) mass is 326 g/mol. The van der Waals surface area contributed by atoms with Crippen LogP contribution in [0.15, 0.2) is 54.6 Å². The Labute approximate surface area is 139 Å². The number of carboxylic acid groups (broad SMARTS) is 1. The van der Waals surface area contributed by atoms with Gasteiger partial charge in [-0.1, -0.05) is 42.5 Å². The summed E-state index contributed by atoms with van der Waals surface area (Å²) >= 11 is 0. The van der Waals surface area contributed by atoms with Gasteiger partial charge in [0, 0.05) is 12.1 Å². The average molecular weight is 326 g/mol. The number of hydrogen-bond donors (Lipinski definition) is 3. The van der Waals surface area contributed by atoms with E-state index in [1.807, 2.05) is 0 Å². The van der Waals surface area contributed by atoms with Gasteiger partial charge < -0.3 is 10.8 Å². The Bertz CT molecular complexity index is 744. The molecular formula is C18H18N2O4. The summed E-state index contributed by atoms with van der Waals surface area (Å²) in [6.45, 7) is 0.315. The van der Waals surface area contributed by atoms with E-state index in [-0.39, 0.29) is 11.3 Å². The molecule has 0 spiro atoms. The number of ketones is 1. The highest BCUT2D eigenvalue weighted by molar-refractivity contribution is 6.13. The van der Waals surface area contributed by atoms with Crippen molar-refractivity contribution in [2.75, 3.05) is 6.54 Å². The van der Waals surface area contributed by atoms with Crippen LogP contribution in [0.2, 0.25) is 0 Å². The third-order valence-corrected chi connectivity index (χ3v) is 3.54. The molecule has 0 radical (unpaired) electrons. The molecule has 0 bridgehead atoms. The smallest absolute Gasteiger partial charge is 0.335 e. The molecule has 2 rings (SSSR count). The van der Waals surface area contributed by atoms with Crippen LogP contribution in [-0.2, 0) is 11.2 Å². The maximum Gasteiger partial charge on any atom is 0.335 e. The van der Waals surface area contributed by atoms with Gasteiger partial charge in [0.05, 0.1) is 5.56 Å². The number of hydrogen-bond acceptors (Lipinski definition) is 4. The molecule has 0 aromatic heterocycles. The number of rotatable bonds is 8. The average Bonchev–Trinajstić information content (AvgIpc) is 2.59. The van der Waals surface area contributed by atoms with Crippen molar-refractivity contribution < 1.29 is 19.5 Å². The SMILES string of the molecule is NC(=O)[C@@H](NCCc1cccc(C(=O)O)c1)C(=O)c1ccccc1. The zero-order valence-electron chi connectivity index (χ0n) is 12.9. The van der Waals surface area contributed by atoms with Crippen LogP contribution < -0.4 is 11.1 Å². The van der Waals surface area contributed by atoms with E-state index >= 15 is 0 Å². The first kappa shape index (κ1) is 17.4. The summed E-state index contributed by atoms with van der Waals surface area (Å²) in [7, 11) is 0. The molecule has 0 saturated carbocycles. The lowest BCUT2D eigenvalue weighted by molar-refractivity contribution is -0.118. The van der Waals surface area contributed by atoms with Crippen molar-refractivity contribution in [3.63, 3.8) is 0 Å². The highest BCUT2D eigenvalue weighted by atomic mass is 16.4. The van der Waals surface area contributed by atoms with E-state index in [0.717, 1.165) is 5.56 Å². The van der Waals surface area contributed by atoms with Crippen LogP contribution in [0.5, 0.6) is 0 Å². The minimum Gasteiger partial charge on any atom is -0.478 e. The number of nitrogens with one attached hydrogen (secondary N) is 1. The van der Waals surface area contributed by atoms with Gasteiger partial charge in [-0.3, -0.25) is 14.9 Å². The van der Waals surface area contributed by atoms with Crippen molar-refractivity contribution >= 4 is 17.7 Å². The Morgan fingerprint density at radius 2 is 1.67 bits per heavy atom. The second kappa shape index (κ2) is 8.03. The molecule has 0 unspecified atom stereocenters. The van der Waals surface area contributed by atoms with Crippen molar-refractivity contribution in [2.24, 2.45) is 5.73 Å². The largest absolute Gasteiger partial charge is 0.478 e. The fraction of sp³-hybridized carbons (Fsp3) is 0.167. The maximum absolute atomic E-state index is 12.3. The molecule has 6 heteroatoms. The van der Waals surface area contributed by atoms with Crippen LogP contribution >= 0.6 is 0 Å². The molecule has 1 atom stereocenters. The zero-order chi connectivity index (χ0) is 17.5. The second-order valence-electron chi connectivity index (χ2n) is 5.28. The fourth-order valence-corrected chi connectivity index (χ4v) is 2.31. The summed E-state index contributed by atoms with van der Waals surface area (Å²) in [4.78, 5) is 34.8. The number of carbonyl (C=O) groups excluding carboxylic acids is 2. The minimum atomic E-state index is -1.12. The number of Topliss-reactive ketones (excluding diaryl/α,β-unsaturated/α-hetero) is 1. The molecule has 0 aliphatic heterocycles. The number of aromatic carboxylic acids is 1. The normalized spacial score (nSPS) is 11.7. The van der Waals surface area contributed by atoms with Crippen LogP contribution in [-0.4, -0.2) is 35.4 Å². The number of benzene rings is 2. The third-order valence-electron chi connectivity index (χ3n) is 3.54. The van der Waals surface area contributed by atoms with E-state index < -0.39 is 17.9 Å². The Morgan fingerprint density at radius 1 is 1.00 bits per heavy atom. The molecule has 0 aliphatic carbocycles. The van der Waals surface area contributed by atoms with Gasteiger partial charge in [0.1, 0.15) is 0 Å². The Balaban J connectivity index is 2.00. The number of carbonyl (C=O) groups is 3. The van der Waals surface area contributed by atoms with E-state index in [0.29, 0.717) is 18.5 Å². The fourth-order valence-electron chi connectivity index (χ4n) is 2.31. The standard InChI is InChI=1S/C18H18N2O4/c19-17(22)15(16(21)13-6-2-1-3-7-13)20-10-9-12-5-4-8-14(11-12)18(23)24/h1-8,11,15,20H,9-10H2,(H2,19,22)(H,23,24)/t15-/m0/s1. The highest BCUT2D eigenvalue weighted by Crippen LogP contribution is 2.07. The molecule has 0 heterocycles. The van der Waals surface area contributed by atoms with Gasteiger partial charge in [0.25, 0.3) is 0 Å². The Morgan fingerprint density at radius 3 is 2.29 bits per heavy atom. The molecule has 4 N–H and O–H groups in total. The van der Waals surface area contributed by atoms with Crippen molar-refractivity contribution in [1.82, 2.24) is 5.32 Å². The molecule has 0 saturated heterocycles. The second-order valence-corrected chi connectivity index (χ2v) is 5.28. The van der Waals surface area contributed by atoms with Crippen molar-refractivity contribution in [3.05, 3.63) is 71.3 Å². The van der Waals surface area contributed by atoms with E-state index in [1.165, 1.54) is 6.07 Å². The van der Waals surface area contributed by atoms with Crippen molar-refractivity contribution in [2.45, 2.75) is 12.5 Å². The van der Waals surface area contributed by atoms with Crippen LogP contribution in [0.3, 0.4) is 0 Å². The van der Waals surface area contributed by atoms with Gasteiger partial charge in [0.2, 0.25) is 5.91 Å². The topological polar surface area (TPSA) is 109 Å². The number of nitrogens with two attached hydrogens (primary N) is 1. The summed E-state index contributed by atoms with van der Waals surface area (Å²) in [5.41, 5.74) is 6.71. The van der Waals surface area contributed by atoms with Crippen LogP contribution in [0.1, 0.15) is 26.3 Å². The maximum atomic E-state index is 12.3. The lowest BCUT2D eigenvalue weighted by Crippen LogP contribution is -2.47. The van der Waals surface area contributed by atoms with Crippen LogP contribution in [0.25, 0.3) is 0 Å². The van der Waals surface area contributed by atoms with Gasteiger partial charge >= 0.3 is 5.97 Å². The summed E-state index contributed by atoms with van der Waals surface area (Å²) in [6, 6.07) is 13.8. The van der Waals surface area contributed by atoms with Gasteiger partial charge in [-0.05, 0) is 24.1 Å². The number of amides is 1. The molecule has 24 heavy (non-hydrogen) atoms. The predicted octanol–water partition coefficient (Wildman–Crippen LogP) is 1.25. The molecule has 2 aromatic rings.